The Balaban J connectivity index is 1.66. The van der Waals surface area contributed by atoms with Crippen LogP contribution in [0.4, 0.5) is 0 Å². The van der Waals surface area contributed by atoms with E-state index in [-0.39, 0.29) is 24.8 Å². The molecule has 1 N–H and O–H groups in total. The van der Waals surface area contributed by atoms with Crippen LogP contribution in [0.1, 0.15) is 18.4 Å². The average Bonchev–Trinajstić information content (AvgIpc) is 2.98. The van der Waals surface area contributed by atoms with E-state index >= 15 is 0 Å². The van der Waals surface area contributed by atoms with Gasteiger partial charge in [0, 0.05) is 13.0 Å². The predicted molar refractivity (Wildman–Crippen MR) is 80.1 cm³/mol. The first-order chi connectivity index (χ1) is 11.1. The zero-order valence-corrected chi connectivity index (χ0v) is 12.6. The van der Waals surface area contributed by atoms with Crippen molar-refractivity contribution >= 4 is 23.7 Å². The Morgan fingerprint density at radius 2 is 1.91 bits per heavy atom. The minimum Gasteiger partial charge on any atom is -0.454 e. The van der Waals surface area contributed by atoms with Crippen molar-refractivity contribution in [1.29, 1.82) is 0 Å². The molecule has 3 amide bonds. The van der Waals surface area contributed by atoms with Crippen LogP contribution in [0.15, 0.2) is 30.3 Å². The minimum absolute atomic E-state index is 0.162. The first kappa shape index (κ1) is 16.7. The molecule has 1 aliphatic heterocycles. The highest BCUT2D eigenvalue weighted by Gasteiger charge is 2.26. The van der Waals surface area contributed by atoms with Gasteiger partial charge in [0.05, 0.1) is 6.42 Å². The van der Waals surface area contributed by atoms with E-state index in [9.17, 15) is 19.2 Å². The molecule has 1 aromatic carbocycles. The van der Waals surface area contributed by atoms with Crippen molar-refractivity contribution in [3.8, 4) is 0 Å². The zero-order valence-electron chi connectivity index (χ0n) is 12.6. The molecule has 7 nitrogen and oxygen atoms in total. The Kier molecular flexibility index (Phi) is 5.85. The lowest BCUT2D eigenvalue weighted by molar-refractivity contribution is -0.154. The summed E-state index contributed by atoms with van der Waals surface area (Å²) in [4.78, 5) is 47.3. The molecule has 7 heteroatoms. The van der Waals surface area contributed by atoms with Crippen LogP contribution < -0.4 is 5.32 Å². The summed E-state index contributed by atoms with van der Waals surface area (Å²) in [7, 11) is 0. The number of esters is 1. The molecule has 1 fully saturated rings. The molecule has 0 atom stereocenters. The number of carbonyl (C=O) groups is 4. The second kappa shape index (κ2) is 8.07. The van der Waals surface area contributed by atoms with Gasteiger partial charge in [-0.15, -0.1) is 0 Å². The summed E-state index contributed by atoms with van der Waals surface area (Å²) in [5, 5.41) is 2.43. The van der Waals surface area contributed by atoms with Crippen molar-refractivity contribution in [1.82, 2.24) is 10.2 Å². The van der Waals surface area contributed by atoms with E-state index in [1.807, 2.05) is 30.3 Å². The van der Waals surface area contributed by atoms with Gasteiger partial charge in [-0.25, -0.2) is 0 Å². The van der Waals surface area contributed by atoms with Crippen molar-refractivity contribution in [2.45, 2.75) is 19.3 Å². The summed E-state index contributed by atoms with van der Waals surface area (Å²) in [5.41, 5.74) is 0.834. The fourth-order valence-corrected chi connectivity index (χ4v) is 2.20. The number of ether oxygens (including phenoxy) is 1. The van der Waals surface area contributed by atoms with Gasteiger partial charge in [0.2, 0.25) is 11.8 Å². The van der Waals surface area contributed by atoms with Crippen molar-refractivity contribution < 1.29 is 23.9 Å². The van der Waals surface area contributed by atoms with Crippen molar-refractivity contribution in [3.05, 3.63) is 35.9 Å². The zero-order chi connectivity index (χ0) is 16.7. The summed E-state index contributed by atoms with van der Waals surface area (Å²) < 4.78 is 4.77. The van der Waals surface area contributed by atoms with E-state index in [2.05, 4.69) is 5.32 Å². The summed E-state index contributed by atoms with van der Waals surface area (Å²) in [6.07, 6.45) is 1.14. The third-order valence-electron chi connectivity index (χ3n) is 3.37. The standard InChI is InChI=1S/C16H18N2O5/c19-13(9-12-5-2-1-3-6-12)17-10-16(22)23-11-15(21)18-8-4-7-14(18)20/h1-3,5-6H,4,7-11H2,(H,17,19). The fourth-order valence-electron chi connectivity index (χ4n) is 2.20. The second-order valence-corrected chi connectivity index (χ2v) is 5.14. The maximum atomic E-state index is 11.7. The third kappa shape index (κ3) is 5.21. The number of benzene rings is 1. The normalized spacial score (nSPS) is 13.7. The molecule has 122 valence electrons. The number of nitrogens with one attached hydrogen (secondary N) is 1. The number of likely N-dealkylation sites (tertiary alicyclic amines) is 1. The highest BCUT2D eigenvalue weighted by atomic mass is 16.5. The molecule has 0 bridgehead atoms. The number of rotatable bonds is 6. The van der Waals surface area contributed by atoms with E-state index < -0.39 is 18.5 Å². The van der Waals surface area contributed by atoms with Crippen LogP contribution in [-0.4, -0.2) is 48.3 Å². The molecule has 0 unspecified atom stereocenters. The van der Waals surface area contributed by atoms with Crippen LogP contribution >= 0.6 is 0 Å². The second-order valence-electron chi connectivity index (χ2n) is 5.14. The largest absolute Gasteiger partial charge is 0.454 e. The van der Waals surface area contributed by atoms with E-state index in [4.69, 9.17) is 4.74 Å². The maximum absolute atomic E-state index is 11.7. The molecule has 2 rings (SSSR count). The van der Waals surface area contributed by atoms with Crippen LogP contribution in [0.5, 0.6) is 0 Å². The SMILES string of the molecule is O=C(Cc1ccccc1)NCC(=O)OCC(=O)N1CCCC1=O. The summed E-state index contributed by atoms with van der Waals surface area (Å²) in [5.74, 6) is -1.81. The molecule has 1 aliphatic rings. The van der Waals surface area contributed by atoms with Gasteiger partial charge >= 0.3 is 5.97 Å². The summed E-state index contributed by atoms with van der Waals surface area (Å²) in [6, 6.07) is 9.11. The molecule has 0 aliphatic carbocycles. The number of imide groups is 1. The molecule has 0 radical (unpaired) electrons. The highest BCUT2D eigenvalue weighted by Crippen LogP contribution is 2.09. The quantitative estimate of drug-likeness (QED) is 0.748. The van der Waals surface area contributed by atoms with Gasteiger partial charge in [-0.1, -0.05) is 30.3 Å². The monoisotopic (exact) mass is 318 g/mol. The van der Waals surface area contributed by atoms with Crippen LogP contribution in [0.25, 0.3) is 0 Å². The lowest BCUT2D eigenvalue weighted by Crippen LogP contribution is -2.37. The van der Waals surface area contributed by atoms with Crippen LogP contribution in [-0.2, 0) is 30.3 Å². The average molecular weight is 318 g/mol. The number of hydrogen-bond acceptors (Lipinski definition) is 5. The summed E-state index contributed by atoms with van der Waals surface area (Å²) >= 11 is 0. The molecule has 0 spiro atoms. The molecule has 0 saturated carbocycles. The van der Waals surface area contributed by atoms with Gasteiger partial charge in [-0.05, 0) is 12.0 Å². The van der Waals surface area contributed by atoms with Crippen molar-refractivity contribution in [2.24, 2.45) is 0 Å². The molecule has 0 aromatic heterocycles. The van der Waals surface area contributed by atoms with Gasteiger partial charge in [-0.3, -0.25) is 24.1 Å². The van der Waals surface area contributed by atoms with Gasteiger partial charge in [0.15, 0.2) is 6.61 Å². The Morgan fingerprint density at radius 3 is 2.57 bits per heavy atom. The number of nitrogens with zero attached hydrogens (tertiary/aromatic N) is 1. The first-order valence-corrected chi connectivity index (χ1v) is 7.35. The van der Waals surface area contributed by atoms with Crippen LogP contribution in [0.3, 0.4) is 0 Å². The first-order valence-electron chi connectivity index (χ1n) is 7.35. The minimum atomic E-state index is -0.716. The lowest BCUT2D eigenvalue weighted by atomic mass is 10.1. The van der Waals surface area contributed by atoms with Gasteiger partial charge < -0.3 is 10.1 Å². The highest BCUT2D eigenvalue weighted by molar-refractivity contribution is 5.97. The number of hydrogen-bond donors (Lipinski definition) is 1. The van der Waals surface area contributed by atoms with Gasteiger partial charge in [0.25, 0.3) is 5.91 Å². The van der Waals surface area contributed by atoms with Crippen LogP contribution in [0.2, 0.25) is 0 Å². The van der Waals surface area contributed by atoms with E-state index in [0.29, 0.717) is 19.4 Å². The number of carbonyl (C=O) groups excluding carboxylic acids is 4. The van der Waals surface area contributed by atoms with E-state index in [0.717, 1.165) is 10.5 Å². The van der Waals surface area contributed by atoms with Crippen molar-refractivity contribution in [3.63, 3.8) is 0 Å². The molecule has 1 saturated heterocycles. The van der Waals surface area contributed by atoms with Gasteiger partial charge in [-0.2, -0.15) is 0 Å². The van der Waals surface area contributed by atoms with E-state index in [1.165, 1.54) is 0 Å². The Morgan fingerprint density at radius 1 is 1.17 bits per heavy atom. The van der Waals surface area contributed by atoms with Crippen LogP contribution in [0, 0.1) is 0 Å². The molecular weight excluding hydrogens is 300 g/mol. The van der Waals surface area contributed by atoms with Gasteiger partial charge in [0.1, 0.15) is 6.54 Å². The van der Waals surface area contributed by atoms with Crippen molar-refractivity contribution in [2.75, 3.05) is 19.7 Å². The lowest BCUT2D eigenvalue weighted by Gasteiger charge is -2.13. The number of amides is 3. The fraction of sp³-hybridized carbons (Fsp3) is 0.375. The van der Waals surface area contributed by atoms with E-state index in [1.54, 1.807) is 0 Å². The maximum Gasteiger partial charge on any atom is 0.325 e. The summed E-state index contributed by atoms with van der Waals surface area (Å²) in [6.45, 7) is -0.435. The molecule has 1 heterocycles. The topological polar surface area (TPSA) is 92.8 Å². The molecule has 1 aromatic rings. The Bertz CT molecular complexity index is 600. The predicted octanol–water partition coefficient (Wildman–Crippen LogP) is 0.0375. The Labute approximate surface area is 133 Å². The Hall–Kier alpha value is -2.70. The molecular formula is C16H18N2O5. The third-order valence-corrected chi connectivity index (χ3v) is 3.37. The smallest absolute Gasteiger partial charge is 0.325 e. The molecule has 23 heavy (non-hydrogen) atoms.